The first-order chi connectivity index (χ1) is 7.91. The van der Waals surface area contributed by atoms with E-state index in [9.17, 15) is 0 Å². The zero-order chi connectivity index (χ0) is 11.9. The van der Waals surface area contributed by atoms with Crippen molar-refractivity contribution in [3.05, 3.63) is 0 Å². The zero-order valence-electron chi connectivity index (χ0n) is 11.3. The smallest absolute Gasteiger partial charge is 0.00489 e. The Kier molecular flexibility index (Phi) is 14.8. The number of unbranched alkanes of at least 4 members (excludes halogenated alkanes) is 8. The van der Waals surface area contributed by atoms with E-state index in [0.29, 0.717) is 0 Å². The van der Waals surface area contributed by atoms with Crippen LogP contribution in [0.4, 0.5) is 0 Å². The molecule has 0 aliphatic carbocycles. The average molecular weight is 228 g/mol. The van der Waals surface area contributed by atoms with E-state index in [4.69, 9.17) is 5.73 Å². The molecule has 0 spiro atoms. The Morgan fingerprint density at radius 1 is 0.688 bits per heavy atom. The van der Waals surface area contributed by atoms with Crippen molar-refractivity contribution in [3.63, 3.8) is 0 Å². The van der Waals surface area contributed by atoms with Gasteiger partial charge in [-0.15, -0.1) is 0 Å². The lowest BCUT2D eigenvalue weighted by atomic mass is 10.1. The van der Waals surface area contributed by atoms with Crippen LogP contribution in [0.15, 0.2) is 0 Å². The van der Waals surface area contributed by atoms with Gasteiger partial charge >= 0.3 is 0 Å². The molecule has 0 saturated carbocycles. The fourth-order valence-corrected chi connectivity index (χ4v) is 1.90. The van der Waals surface area contributed by atoms with Gasteiger partial charge < -0.3 is 11.1 Å². The lowest BCUT2D eigenvalue weighted by Gasteiger charge is -2.04. The first kappa shape index (κ1) is 15.9. The molecule has 0 aromatic rings. The lowest BCUT2D eigenvalue weighted by molar-refractivity contribution is 0.549. The van der Waals surface area contributed by atoms with Gasteiger partial charge in [0.1, 0.15) is 0 Å². The van der Waals surface area contributed by atoms with Crippen molar-refractivity contribution in [3.8, 4) is 0 Å². The molecule has 0 atom stereocenters. The Bertz CT molecular complexity index is 101. The number of hydrogen-bond acceptors (Lipinski definition) is 2. The van der Waals surface area contributed by atoms with Crippen LogP contribution in [-0.4, -0.2) is 19.6 Å². The molecule has 98 valence electrons. The maximum absolute atomic E-state index is 5.45. The van der Waals surface area contributed by atoms with Gasteiger partial charge in [-0.05, 0) is 38.9 Å². The lowest BCUT2D eigenvalue weighted by Crippen LogP contribution is -2.16. The third kappa shape index (κ3) is 13.9. The van der Waals surface area contributed by atoms with Crippen LogP contribution in [0.2, 0.25) is 0 Å². The molecule has 0 aliphatic heterocycles. The monoisotopic (exact) mass is 228 g/mol. The molecule has 0 fully saturated rings. The summed E-state index contributed by atoms with van der Waals surface area (Å²) in [6, 6.07) is 0. The summed E-state index contributed by atoms with van der Waals surface area (Å²) >= 11 is 0. The first-order valence-corrected chi connectivity index (χ1v) is 7.32. The summed E-state index contributed by atoms with van der Waals surface area (Å²) in [5, 5.41) is 3.53. The van der Waals surface area contributed by atoms with Gasteiger partial charge in [0.05, 0.1) is 0 Å². The Morgan fingerprint density at radius 3 is 1.75 bits per heavy atom. The van der Waals surface area contributed by atoms with E-state index in [1.54, 1.807) is 0 Å². The molecular formula is C14H32N2. The molecule has 0 saturated heterocycles. The van der Waals surface area contributed by atoms with Crippen molar-refractivity contribution in [2.24, 2.45) is 5.73 Å². The summed E-state index contributed by atoms with van der Waals surface area (Å²) < 4.78 is 0. The summed E-state index contributed by atoms with van der Waals surface area (Å²) in [6.45, 7) is 5.55. The highest BCUT2D eigenvalue weighted by molar-refractivity contribution is 4.51. The maximum Gasteiger partial charge on any atom is -0.00489 e. The van der Waals surface area contributed by atoms with E-state index in [0.717, 1.165) is 6.54 Å². The van der Waals surface area contributed by atoms with E-state index in [2.05, 4.69) is 12.2 Å². The Hall–Kier alpha value is -0.0800. The fraction of sp³-hybridized carbons (Fsp3) is 1.00. The van der Waals surface area contributed by atoms with Crippen LogP contribution < -0.4 is 11.1 Å². The van der Waals surface area contributed by atoms with Crippen LogP contribution in [0.25, 0.3) is 0 Å². The van der Waals surface area contributed by atoms with E-state index < -0.39 is 0 Å². The summed E-state index contributed by atoms with van der Waals surface area (Å²) in [5.74, 6) is 0. The van der Waals surface area contributed by atoms with Gasteiger partial charge in [0.25, 0.3) is 0 Å². The normalized spacial score (nSPS) is 10.9. The first-order valence-electron chi connectivity index (χ1n) is 7.32. The second-order valence-corrected chi connectivity index (χ2v) is 4.72. The van der Waals surface area contributed by atoms with Crippen LogP contribution in [0.3, 0.4) is 0 Å². The summed E-state index contributed by atoms with van der Waals surface area (Å²) in [5.41, 5.74) is 5.45. The van der Waals surface area contributed by atoms with Crippen LogP contribution in [-0.2, 0) is 0 Å². The van der Waals surface area contributed by atoms with Crippen molar-refractivity contribution in [2.45, 2.75) is 71.1 Å². The predicted molar refractivity (Wildman–Crippen MR) is 73.8 cm³/mol. The second-order valence-electron chi connectivity index (χ2n) is 4.72. The molecule has 0 aromatic heterocycles. The molecule has 2 nitrogen and oxygen atoms in total. The Labute approximate surface area is 102 Å². The largest absolute Gasteiger partial charge is 0.330 e. The average Bonchev–Trinajstić information content (AvgIpc) is 2.31. The Balaban J connectivity index is 2.83. The van der Waals surface area contributed by atoms with Crippen LogP contribution in [0.5, 0.6) is 0 Å². The maximum atomic E-state index is 5.45. The van der Waals surface area contributed by atoms with Crippen molar-refractivity contribution >= 4 is 0 Å². The van der Waals surface area contributed by atoms with Gasteiger partial charge in [0.2, 0.25) is 0 Å². The molecular weight excluding hydrogens is 196 g/mol. The van der Waals surface area contributed by atoms with Crippen LogP contribution in [0.1, 0.15) is 71.1 Å². The minimum absolute atomic E-state index is 0.860. The van der Waals surface area contributed by atoms with Crippen molar-refractivity contribution in [2.75, 3.05) is 19.6 Å². The third-order valence-corrected chi connectivity index (χ3v) is 3.01. The van der Waals surface area contributed by atoms with Crippen LogP contribution in [0, 0.1) is 0 Å². The molecule has 0 aromatic carbocycles. The molecule has 0 rings (SSSR count). The number of nitrogens with one attached hydrogen (secondary N) is 1. The third-order valence-electron chi connectivity index (χ3n) is 3.01. The van der Waals surface area contributed by atoms with E-state index in [1.165, 1.54) is 77.3 Å². The topological polar surface area (TPSA) is 38.0 Å². The second kappa shape index (κ2) is 14.9. The molecule has 0 aliphatic rings. The van der Waals surface area contributed by atoms with Crippen molar-refractivity contribution < 1.29 is 0 Å². The van der Waals surface area contributed by atoms with Crippen molar-refractivity contribution in [1.29, 1.82) is 0 Å². The van der Waals surface area contributed by atoms with Gasteiger partial charge in [-0.25, -0.2) is 0 Å². The minimum Gasteiger partial charge on any atom is -0.330 e. The molecule has 0 amide bonds. The highest BCUT2D eigenvalue weighted by Crippen LogP contribution is 2.04. The summed E-state index contributed by atoms with van der Waals surface area (Å²) in [7, 11) is 0. The van der Waals surface area contributed by atoms with E-state index in [-0.39, 0.29) is 0 Å². The highest BCUT2D eigenvalue weighted by atomic mass is 14.8. The van der Waals surface area contributed by atoms with Gasteiger partial charge in [0.15, 0.2) is 0 Å². The Morgan fingerprint density at radius 2 is 1.19 bits per heavy atom. The molecule has 3 N–H and O–H groups in total. The standard InChI is InChI=1S/C14H32N2/c1-2-3-4-10-13-16-14-11-8-6-5-7-9-12-15/h16H,2-15H2,1H3. The van der Waals surface area contributed by atoms with E-state index >= 15 is 0 Å². The minimum atomic E-state index is 0.860. The molecule has 0 unspecified atom stereocenters. The highest BCUT2D eigenvalue weighted by Gasteiger charge is 1.91. The number of hydrogen-bond donors (Lipinski definition) is 2. The number of rotatable bonds is 13. The van der Waals surface area contributed by atoms with Gasteiger partial charge in [0, 0.05) is 0 Å². The predicted octanol–water partition coefficient (Wildman–Crippen LogP) is 3.46. The van der Waals surface area contributed by atoms with Gasteiger partial charge in [-0.3, -0.25) is 0 Å². The zero-order valence-corrected chi connectivity index (χ0v) is 11.3. The molecule has 0 heterocycles. The molecule has 0 radical (unpaired) electrons. The molecule has 0 bridgehead atoms. The van der Waals surface area contributed by atoms with E-state index in [1.807, 2.05) is 0 Å². The SMILES string of the molecule is CCCCCCNCCCCCCCCN. The summed E-state index contributed by atoms with van der Waals surface area (Å²) in [4.78, 5) is 0. The molecule has 2 heteroatoms. The van der Waals surface area contributed by atoms with Gasteiger partial charge in [-0.1, -0.05) is 51.9 Å². The van der Waals surface area contributed by atoms with Crippen molar-refractivity contribution in [1.82, 2.24) is 5.32 Å². The summed E-state index contributed by atoms with van der Waals surface area (Å²) in [6.07, 6.45) is 13.5. The van der Waals surface area contributed by atoms with Gasteiger partial charge in [-0.2, -0.15) is 0 Å². The van der Waals surface area contributed by atoms with Crippen LogP contribution >= 0.6 is 0 Å². The molecule has 16 heavy (non-hydrogen) atoms. The quantitative estimate of drug-likeness (QED) is 0.474. The fourth-order valence-electron chi connectivity index (χ4n) is 1.90. The number of nitrogens with two attached hydrogens (primary N) is 1.